The Morgan fingerprint density at radius 2 is 1.35 bits per heavy atom. The first-order valence-electron chi connectivity index (χ1n) is 19.7. The summed E-state index contributed by atoms with van der Waals surface area (Å²) in [6.45, 7) is 3.80. The molecular weight excluding hydrogens is 845 g/mol. The number of carbonyl (C=O) groups is 2. The average molecular weight is 899 g/mol. The lowest BCUT2D eigenvalue weighted by molar-refractivity contribution is -0.134. The number of phosphoric ester groups is 2. The van der Waals surface area contributed by atoms with Gasteiger partial charge in [-0.05, 0) is 49.1 Å². The zero-order valence-corrected chi connectivity index (χ0v) is 36.5. The predicted molar refractivity (Wildman–Crippen MR) is 219 cm³/mol. The minimum Gasteiger partial charge on any atom is -0.427 e. The standard InChI is InChI=1S/C39H53N2O16P3/c1-4-6-8-9-10-11-12-13-35(42)32-19-15-30(16-20-32)26-52-60(50,53-27-31-17-21-33(22-18-31)55-37(43)14-7-5-2)57-59(48,49)56-58(46,47)51-28-34-23-24-36(54-34)41-25-29(3)38(44)40-39(41)45/h15-25,34,36H,4-14,26-28H2,1-3H3,(H,46,47)(H,48,49)(H,40,44,45). The third-order valence-electron chi connectivity index (χ3n) is 8.99. The number of hydrogen-bond donors (Lipinski definition) is 3. The summed E-state index contributed by atoms with van der Waals surface area (Å²) in [5.74, 6) is -0.226. The first-order chi connectivity index (χ1) is 28.5. The fourth-order valence-corrected chi connectivity index (χ4v) is 9.73. The molecule has 5 unspecified atom stereocenters. The van der Waals surface area contributed by atoms with Gasteiger partial charge in [0.05, 0.1) is 19.8 Å². The molecule has 21 heteroatoms. The molecule has 3 aromatic rings. The molecular formula is C39H53N2O16P3. The molecule has 1 aliphatic heterocycles. The molecule has 0 spiro atoms. The molecule has 5 atom stereocenters. The fourth-order valence-electron chi connectivity index (χ4n) is 5.70. The second kappa shape index (κ2) is 23.5. The van der Waals surface area contributed by atoms with Gasteiger partial charge < -0.3 is 19.3 Å². The Morgan fingerprint density at radius 3 is 1.98 bits per heavy atom. The van der Waals surface area contributed by atoms with Gasteiger partial charge in [-0.2, -0.15) is 8.62 Å². The Morgan fingerprint density at radius 1 is 0.750 bits per heavy atom. The largest absolute Gasteiger partial charge is 0.490 e. The average Bonchev–Trinajstić information content (AvgIpc) is 3.68. The number of unbranched alkanes of at least 4 members (excludes halogenated alkanes) is 7. The topological polar surface area (TPSA) is 245 Å². The number of aromatic nitrogens is 2. The lowest BCUT2D eigenvalue weighted by Crippen LogP contribution is -2.33. The van der Waals surface area contributed by atoms with E-state index in [1.165, 1.54) is 74.5 Å². The highest BCUT2D eigenvalue weighted by molar-refractivity contribution is 7.67. The number of hydrogen-bond acceptors (Lipinski definition) is 14. The Hall–Kier alpha value is -3.63. The molecule has 18 nitrogen and oxygen atoms in total. The second-order valence-electron chi connectivity index (χ2n) is 14.0. The third-order valence-corrected chi connectivity index (χ3v) is 13.6. The molecule has 4 rings (SSSR count). The van der Waals surface area contributed by atoms with Crippen LogP contribution in [-0.2, 0) is 58.6 Å². The number of nitrogens with zero attached hydrogens (tertiary/aromatic N) is 1. The van der Waals surface area contributed by atoms with Gasteiger partial charge in [0.25, 0.3) is 5.56 Å². The highest BCUT2D eigenvalue weighted by Gasteiger charge is 2.44. The number of Topliss-reactive ketones (excluding diaryl/α,β-unsaturated/α-hetero) is 1. The normalized spacial score (nSPS) is 18.1. The molecule has 2 heterocycles. The van der Waals surface area contributed by atoms with E-state index in [1.54, 1.807) is 12.1 Å². The van der Waals surface area contributed by atoms with Gasteiger partial charge in [0, 0.05) is 30.2 Å². The van der Waals surface area contributed by atoms with Gasteiger partial charge >= 0.3 is 35.1 Å². The van der Waals surface area contributed by atoms with Crippen LogP contribution in [0.3, 0.4) is 0 Å². The number of carbonyl (C=O) groups excluding carboxylic acids is 2. The van der Waals surface area contributed by atoms with Gasteiger partial charge in [-0.15, -0.1) is 0 Å². The van der Waals surface area contributed by atoms with Crippen LogP contribution in [0.4, 0.5) is 0 Å². The lowest BCUT2D eigenvalue weighted by Gasteiger charge is -2.22. The molecule has 0 bridgehead atoms. The van der Waals surface area contributed by atoms with E-state index < -0.39 is 72.8 Å². The quantitative estimate of drug-likeness (QED) is 0.0162. The smallest absolute Gasteiger partial charge is 0.427 e. The summed E-state index contributed by atoms with van der Waals surface area (Å²) in [5, 5.41) is 0. The van der Waals surface area contributed by atoms with Crippen LogP contribution in [0, 0.1) is 6.92 Å². The van der Waals surface area contributed by atoms with E-state index in [1.807, 2.05) is 6.92 Å². The summed E-state index contributed by atoms with van der Waals surface area (Å²) in [7, 11) is -16.4. The fraction of sp³-hybridized carbons (Fsp3) is 0.487. The number of benzene rings is 2. The van der Waals surface area contributed by atoms with E-state index >= 15 is 0 Å². The van der Waals surface area contributed by atoms with Crippen molar-refractivity contribution < 1.29 is 64.7 Å². The maximum Gasteiger partial charge on any atom is 0.490 e. The van der Waals surface area contributed by atoms with Crippen LogP contribution >= 0.6 is 23.5 Å². The van der Waals surface area contributed by atoms with Crippen molar-refractivity contribution in [1.82, 2.24) is 9.55 Å². The zero-order valence-electron chi connectivity index (χ0n) is 33.8. The Labute approximate surface area is 348 Å². The summed E-state index contributed by atoms with van der Waals surface area (Å²) in [6, 6.07) is 12.1. The number of ether oxygens (including phenoxy) is 2. The number of rotatable bonds is 27. The molecule has 0 radical (unpaired) electrons. The van der Waals surface area contributed by atoms with Crippen LogP contribution in [-0.4, -0.2) is 43.8 Å². The number of aryl methyl sites for hydroxylation is 1. The molecule has 0 aliphatic carbocycles. The van der Waals surface area contributed by atoms with Crippen LogP contribution in [0.15, 0.2) is 76.5 Å². The molecule has 330 valence electrons. The zero-order chi connectivity index (χ0) is 43.8. The molecule has 3 N–H and O–H groups in total. The van der Waals surface area contributed by atoms with Crippen molar-refractivity contribution in [2.75, 3.05) is 6.61 Å². The minimum absolute atomic E-state index is 0.0428. The van der Waals surface area contributed by atoms with Crippen molar-refractivity contribution in [3.8, 4) is 5.75 Å². The van der Waals surface area contributed by atoms with E-state index in [4.69, 9.17) is 27.4 Å². The van der Waals surface area contributed by atoms with Gasteiger partial charge in [-0.25, -0.2) is 18.5 Å². The number of phosphoric acid groups is 3. The van der Waals surface area contributed by atoms with Crippen molar-refractivity contribution in [3.05, 3.63) is 110 Å². The molecule has 0 amide bonds. The van der Waals surface area contributed by atoms with Crippen LogP contribution in [0.2, 0.25) is 0 Å². The molecule has 2 aromatic carbocycles. The van der Waals surface area contributed by atoms with Gasteiger partial charge in [0.15, 0.2) is 12.0 Å². The van der Waals surface area contributed by atoms with Crippen molar-refractivity contribution >= 4 is 35.2 Å². The highest BCUT2D eigenvalue weighted by Crippen LogP contribution is 2.69. The monoisotopic (exact) mass is 898 g/mol. The summed E-state index contributed by atoms with van der Waals surface area (Å²) in [4.78, 5) is 71.7. The van der Waals surface area contributed by atoms with E-state index in [9.17, 15) is 42.7 Å². The summed E-state index contributed by atoms with van der Waals surface area (Å²) < 4.78 is 76.6. The first kappa shape index (κ1) is 49.0. The molecule has 1 aromatic heterocycles. The van der Waals surface area contributed by atoms with Gasteiger partial charge in [0.1, 0.15) is 11.9 Å². The molecule has 0 fully saturated rings. The molecule has 60 heavy (non-hydrogen) atoms. The maximum atomic E-state index is 13.9. The van der Waals surface area contributed by atoms with Gasteiger partial charge in [0.2, 0.25) is 0 Å². The maximum absolute atomic E-state index is 13.9. The van der Waals surface area contributed by atoms with Crippen molar-refractivity contribution in [2.45, 2.75) is 117 Å². The van der Waals surface area contributed by atoms with Crippen molar-refractivity contribution in [2.24, 2.45) is 0 Å². The summed E-state index contributed by atoms with van der Waals surface area (Å²) in [6.07, 6.45) is 11.6. The second-order valence-corrected chi connectivity index (χ2v) is 18.9. The Bertz CT molecular complexity index is 2170. The predicted octanol–water partition coefficient (Wildman–Crippen LogP) is 8.51. The van der Waals surface area contributed by atoms with E-state index in [0.29, 0.717) is 29.5 Å². The highest BCUT2D eigenvalue weighted by atomic mass is 31.3. The van der Waals surface area contributed by atoms with Crippen LogP contribution in [0.1, 0.15) is 118 Å². The number of nitrogens with one attached hydrogen (secondary N) is 1. The van der Waals surface area contributed by atoms with E-state index in [0.717, 1.165) is 43.1 Å². The molecule has 1 aliphatic rings. The Balaban J connectivity index is 1.38. The summed E-state index contributed by atoms with van der Waals surface area (Å²) >= 11 is 0. The van der Waals surface area contributed by atoms with Crippen LogP contribution in [0.5, 0.6) is 5.75 Å². The van der Waals surface area contributed by atoms with E-state index in [-0.39, 0.29) is 23.5 Å². The minimum atomic E-state index is -5.78. The van der Waals surface area contributed by atoms with Crippen LogP contribution in [0.25, 0.3) is 0 Å². The lowest BCUT2D eigenvalue weighted by atomic mass is 10.0. The number of aromatic amines is 1. The molecule has 0 saturated heterocycles. The number of ketones is 1. The van der Waals surface area contributed by atoms with Crippen LogP contribution < -0.4 is 16.0 Å². The number of esters is 1. The first-order valence-corrected chi connectivity index (χ1v) is 24.1. The summed E-state index contributed by atoms with van der Waals surface area (Å²) in [5.41, 5.74) is 0.0379. The number of H-pyrrole nitrogens is 1. The van der Waals surface area contributed by atoms with E-state index in [2.05, 4.69) is 16.2 Å². The SMILES string of the molecule is CCCCCCCCCC(=O)c1ccc(COP(=O)(OCc2ccc(OC(=O)CCCC)cc2)OP(=O)(O)OP(=O)(O)OCC2C=CC(n3cc(C)c(=O)[nH]c3=O)O2)cc1. The van der Waals surface area contributed by atoms with Gasteiger partial charge in [-0.3, -0.25) is 37.5 Å². The van der Waals surface area contributed by atoms with Crippen molar-refractivity contribution in [1.29, 1.82) is 0 Å². The van der Waals surface area contributed by atoms with Crippen molar-refractivity contribution in [3.63, 3.8) is 0 Å². The molecule has 0 saturated carbocycles. The third kappa shape index (κ3) is 16.7. The Kier molecular flexibility index (Phi) is 19.2. The van der Waals surface area contributed by atoms with Gasteiger partial charge in [-0.1, -0.05) is 101 Å².